The molecule has 0 bridgehead atoms. The predicted molar refractivity (Wildman–Crippen MR) is 98.4 cm³/mol. The summed E-state index contributed by atoms with van der Waals surface area (Å²) in [5.74, 6) is 0.622. The molecule has 3 rings (SSSR count). The topological polar surface area (TPSA) is 50.2 Å². The number of amides is 1. The maximum Gasteiger partial charge on any atom is 0.227 e. The molecule has 2 fully saturated rings. The molecule has 136 valence electrons. The first-order valence-electron chi connectivity index (χ1n) is 9.12. The van der Waals surface area contributed by atoms with Gasteiger partial charge in [-0.25, -0.2) is 0 Å². The van der Waals surface area contributed by atoms with E-state index in [0.29, 0.717) is 11.9 Å². The lowest BCUT2D eigenvalue weighted by Crippen LogP contribution is -2.42. The van der Waals surface area contributed by atoms with E-state index in [4.69, 9.17) is 0 Å². The van der Waals surface area contributed by atoms with Crippen molar-refractivity contribution < 1.29 is 4.79 Å². The molecule has 6 heteroatoms. The quantitative estimate of drug-likeness (QED) is 0.908. The molecule has 2 heterocycles. The summed E-state index contributed by atoms with van der Waals surface area (Å²) in [6, 6.07) is 0.429. The normalized spacial score (nSPS) is 25.6. The second kappa shape index (κ2) is 8.86. The molecule has 1 saturated carbocycles. The van der Waals surface area contributed by atoms with E-state index in [9.17, 15) is 4.79 Å². The molecule has 1 aliphatic carbocycles. The van der Waals surface area contributed by atoms with Crippen molar-refractivity contribution in [1.82, 2.24) is 20.0 Å². The molecule has 5 nitrogen and oxygen atoms in total. The molecule has 1 N–H and O–H groups in total. The highest BCUT2D eigenvalue weighted by Gasteiger charge is 2.37. The highest BCUT2D eigenvalue weighted by atomic mass is 35.5. The Morgan fingerprint density at radius 2 is 1.88 bits per heavy atom. The average Bonchev–Trinajstić information content (AvgIpc) is 3.14. The Morgan fingerprint density at radius 3 is 2.50 bits per heavy atom. The summed E-state index contributed by atoms with van der Waals surface area (Å²) < 4.78 is 1.83. The second-order valence-corrected chi connectivity index (χ2v) is 7.27. The Bertz CT molecular complexity index is 525. The lowest BCUT2D eigenvalue weighted by Gasteiger charge is -2.32. The molecule has 1 aromatic heterocycles. The second-order valence-electron chi connectivity index (χ2n) is 7.27. The van der Waals surface area contributed by atoms with E-state index in [0.717, 1.165) is 13.1 Å². The van der Waals surface area contributed by atoms with E-state index in [2.05, 4.69) is 15.3 Å². The van der Waals surface area contributed by atoms with E-state index in [1.54, 1.807) is 0 Å². The highest BCUT2D eigenvalue weighted by Crippen LogP contribution is 2.31. The van der Waals surface area contributed by atoms with Gasteiger partial charge in [-0.2, -0.15) is 5.10 Å². The number of carbonyl (C=O) groups is 1. The maximum atomic E-state index is 13.1. The van der Waals surface area contributed by atoms with E-state index < -0.39 is 0 Å². The fourth-order valence-electron chi connectivity index (χ4n) is 4.18. The molecule has 1 saturated heterocycles. The lowest BCUT2D eigenvalue weighted by atomic mass is 9.88. The minimum Gasteiger partial charge on any atom is -0.342 e. The third kappa shape index (κ3) is 4.31. The van der Waals surface area contributed by atoms with Gasteiger partial charge in [-0.3, -0.25) is 9.48 Å². The van der Waals surface area contributed by atoms with Crippen LogP contribution < -0.4 is 5.32 Å². The van der Waals surface area contributed by atoms with E-state index in [1.165, 1.54) is 50.5 Å². The fraction of sp³-hybridized carbons (Fsp3) is 0.778. The molecule has 0 aromatic carbocycles. The number of nitrogens with zero attached hydrogens (tertiary/aromatic N) is 3. The number of carbonyl (C=O) groups excluding carboxylic acids is 1. The Labute approximate surface area is 151 Å². The van der Waals surface area contributed by atoms with E-state index >= 15 is 0 Å². The molecule has 0 unspecified atom stereocenters. The molecule has 0 spiro atoms. The zero-order chi connectivity index (χ0) is 16.2. The third-order valence-corrected chi connectivity index (χ3v) is 5.65. The van der Waals surface area contributed by atoms with Crippen molar-refractivity contribution >= 4 is 18.3 Å². The van der Waals surface area contributed by atoms with Crippen LogP contribution >= 0.6 is 12.4 Å². The van der Waals surface area contributed by atoms with Crippen molar-refractivity contribution in [2.45, 2.75) is 56.9 Å². The molecular weight excluding hydrogens is 324 g/mol. The summed E-state index contributed by atoms with van der Waals surface area (Å²) in [5.41, 5.74) is 1.18. The van der Waals surface area contributed by atoms with Crippen molar-refractivity contribution in [3.63, 3.8) is 0 Å². The average molecular weight is 355 g/mol. The maximum absolute atomic E-state index is 13.1. The van der Waals surface area contributed by atoms with Gasteiger partial charge in [-0.05, 0) is 18.4 Å². The Kier molecular flexibility index (Phi) is 7.11. The van der Waals surface area contributed by atoms with Gasteiger partial charge < -0.3 is 10.2 Å². The Hall–Kier alpha value is -1.07. The summed E-state index contributed by atoms with van der Waals surface area (Å²) in [7, 11) is 3.95. The number of hydrogen-bond acceptors (Lipinski definition) is 3. The zero-order valence-corrected chi connectivity index (χ0v) is 15.7. The first-order chi connectivity index (χ1) is 11.2. The molecule has 1 aromatic rings. The van der Waals surface area contributed by atoms with Crippen LogP contribution in [0.5, 0.6) is 0 Å². The minimum absolute atomic E-state index is 0. The van der Waals surface area contributed by atoms with E-state index in [-0.39, 0.29) is 24.2 Å². The predicted octanol–water partition coefficient (Wildman–Crippen LogP) is 2.72. The number of hydrogen-bond donors (Lipinski definition) is 1. The van der Waals surface area contributed by atoms with Crippen LogP contribution in [-0.4, -0.2) is 46.8 Å². The first-order valence-corrected chi connectivity index (χ1v) is 9.12. The third-order valence-electron chi connectivity index (χ3n) is 5.65. The molecule has 2 aliphatic rings. The molecule has 0 radical (unpaired) electrons. The standard InChI is InChI=1S/C18H30N4O.ClH/c1-21-13-14(10-20-21)16-11-19-12-17(16)18(23)22(2)15-8-6-4-3-5-7-9-15;/h10,13,15-17,19H,3-9,11-12H2,1-2H3;1H/t16-,17+;/m1./s1. The van der Waals surface area contributed by atoms with Crippen LogP contribution in [0.2, 0.25) is 0 Å². The van der Waals surface area contributed by atoms with Crippen LogP contribution in [0.3, 0.4) is 0 Å². The van der Waals surface area contributed by atoms with Crippen molar-refractivity contribution in [2.75, 3.05) is 20.1 Å². The fourth-order valence-corrected chi connectivity index (χ4v) is 4.18. The monoisotopic (exact) mass is 354 g/mol. The van der Waals surface area contributed by atoms with Gasteiger partial charge in [0.1, 0.15) is 0 Å². The van der Waals surface area contributed by atoms with Crippen molar-refractivity contribution in [3.8, 4) is 0 Å². The molecular formula is C18H31ClN4O. The largest absolute Gasteiger partial charge is 0.342 e. The number of nitrogens with one attached hydrogen (secondary N) is 1. The van der Waals surface area contributed by atoms with Crippen LogP contribution in [0.1, 0.15) is 56.4 Å². The van der Waals surface area contributed by atoms with Crippen LogP contribution in [0.4, 0.5) is 0 Å². The number of halogens is 1. The summed E-state index contributed by atoms with van der Waals surface area (Å²) in [6.07, 6.45) is 12.8. The minimum atomic E-state index is 0. The van der Waals surface area contributed by atoms with Crippen LogP contribution in [-0.2, 0) is 11.8 Å². The van der Waals surface area contributed by atoms with Crippen molar-refractivity contribution in [1.29, 1.82) is 0 Å². The van der Waals surface area contributed by atoms with Gasteiger partial charge in [0.2, 0.25) is 5.91 Å². The van der Waals surface area contributed by atoms with Gasteiger partial charge in [-0.15, -0.1) is 12.4 Å². The number of rotatable bonds is 3. The SMILES string of the molecule is CN(C(=O)[C@H]1CNC[C@@H]1c1cnn(C)c1)C1CCCCCCC1.Cl. The van der Waals surface area contributed by atoms with Crippen LogP contribution in [0.25, 0.3) is 0 Å². The smallest absolute Gasteiger partial charge is 0.227 e. The zero-order valence-electron chi connectivity index (χ0n) is 14.9. The molecule has 1 amide bonds. The number of aromatic nitrogens is 2. The first kappa shape index (κ1) is 19.3. The van der Waals surface area contributed by atoms with Crippen LogP contribution in [0.15, 0.2) is 12.4 Å². The number of aryl methyl sites for hydroxylation is 1. The lowest BCUT2D eigenvalue weighted by molar-refractivity contribution is -0.136. The van der Waals surface area contributed by atoms with Gasteiger partial charge in [-0.1, -0.05) is 32.1 Å². The van der Waals surface area contributed by atoms with Crippen molar-refractivity contribution in [3.05, 3.63) is 18.0 Å². The Morgan fingerprint density at radius 1 is 1.21 bits per heavy atom. The summed E-state index contributed by atoms with van der Waals surface area (Å²) in [6.45, 7) is 1.66. The van der Waals surface area contributed by atoms with E-state index in [1.807, 2.05) is 31.2 Å². The highest BCUT2D eigenvalue weighted by molar-refractivity contribution is 5.85. The van der Waals surface area contributed by atoms with Crippen LogP contribution in [0, 0.1) is 5.92 Å². The molecule has 24 heavy (non-hydrogen) atoms. The van der Waals surface area contributed by atoms with Gasteiger partial charge in [0.05, 0.1) is 12.1 Å². The summed E-state index contributed by atoms with van der Waals surface area (Å²) in [5, 5.41) is 7.68. The Balaban J connectivity index is 0.00000208. The van der Waals surface area contributed by atoms with Gasteiger partial charge >= 0.3 is 0 Å². The van der Waals surface area contributed by atoms with Gasteiger partial charge in [0.15, 0.2) is 0 Å². The molecule has 2 atom stereocenters. The van der Waals surface area contributed by atoms with Gasteiger partial charge in [0.25, 0.3) is 0 Å². The van der Waals surface area contributed by atoms with Gasteiger partial charge in [0, 0.05) is 45.3 Å². The summed E-state index contributed by atoms with van der Waals surface area (Å²) in [4.78, 5) is 15.2. The summed E-state index contributed by atoms with van der Waals surface area (Å²) >= 11 is 0. The molecule has 1 aliphatic heterocycles. The van der Waals surface area contributed by atoms with Crippen molar-refractivity contribution in [2.24, 2.45) is 13.0 Å².